The number of hydrazone groups is 1. The number of rotatable bonds is 9. The first-order valence-electron chi connectivity index (χ1n) is 11.6. The van der Waals surface area contributed by atoms with E-state index in [0.29, 0.717) is 17.1 Å². The van der Waals surface area contributed by atoms with Crippen LogP contribution in [0.3, 0.4) is 0 Å². The molecule has 0 heterocycles. The highest BCUT2D eigenvalue weighted by atomic mass is 16.6. The van der Waals surface area contributed by atoms with Crippen molar-refractivity contribution >= 4 is 34.9 Å². The van der Waals surface area contributed by atoms with Gasteiger partial charge in [-0.2, -0.15) is 5.10 Å². The normalized spacial score (nSPS) is 11.9. The third kappa shape index (κ3) is 7.05. The van der Waals surface area contributed by atoms with Crippen molar-refractivity contribution in [3.05, 3.63) is 108 Å². The maximum atomic E-state index is 12.4. The number of ether oxygens (including phenoxy) is 3. The van der Waals surface area contributed by atoms with Crippen molar-refractivity contribution in [2.45, 2.75) is 13.0 Å². The minimum atomic E-state index is -0.751. The van der Waals surface area contributed by atoms with E-state index in [0.717, 1.165) is 16.3 Å². The summed E-state index contributed by atoms with van der Waals surface area (Å²) >= 11 is 0. The van der Waals surface area contributed by atoms with Gasteiger partial charge in [0.25, 0.3) is 5.91 Å². The lowest BCUT2D eigenvalue weighted by atomic mass is 10.1. The largest absolute Gasteiger partial charge is 0.493 e. The van der Waals surface area contributed by atoms with Gasteiger partial charge in [-0.05, 0) is 65.2 Å². The van der Waals surface area contributed by atoms with E-state index in [1.165, 1.54) is 19.4 Å². The first-order valence-corrected chi connectivity index (χ1v) is 11.6. The molecule has 0 saturated carbocycles. The molecule has 1 N–H and O–H groups in total. The van der Waals surface area contributed by atoms with Crippen molar-refractivity contribution in [3.63, 3.8) is 0 Å². The van der Waals surface area contributed by atoms with Crippen LogP contribution >= 0.6 is 0 Å². The maximum Gasteiger partial charge on any atom is 0.336 e. The molecule has 4 aromatic carbocycles. The number of hydrogen-bond donors (Lipinski definition) is 1. The van der Waals surface area contributed by atoms with E-state index in [1.54, 1.807) is 31.2 Å². The first-order chi connectivity index (χ1) is 18.0. The predicted molar refractivity (Wildman–Crippen MR) is 144 cm³/mol. The van der Waals surface area contributed by atoms with Crippen molar-refractivity contribution in [3.8, 4) is 17.2 Å². The lowest BCUT2D eigenvalue weighted by Gasteiger charge is -2.13. The Morgan fingerprint density at radius 2 is 1.59 bits per heavy atom. The fourth-order valence-electron chi connectivity index (χ4n) is 3.48. The second-order valence-corrected chi connectivity index (χ2v) is 8.08. The highest BCUT2D eigenvalue weighted by molar-refractivity contribution is 5.90. The maximum absolute atomic E-state index is 12.4. The monoisotopic (exact) mass is 494 g/mol. The van der Waals surface area contributed by atoms with Gasteiger partial charge in [0.05, 0.1) is 13.3 Å². The van der Waals surface area contributed by atoms with Gasteiger partial charge in [0.2, 0.25) is 0 Å². The van der Waals surface area contributed by atoms with Crippen LogP contribution in [0, 0.1) is 0 Å². The molecule has 0 spiro atoms. The highest BCUT2D eigenvalue weighted by Crippen LogP contribution is 2.28. The summed E-state index contributed by atoms with van der Waals surface area (Å²) in [4.78, 5) is 24.6. The molecule has 0 aromatic heterocycles. The minimum absolute atomic E-state index is 0.267. The van der Waals surface area contributed by atoms with E-state index in [-0.39, 0.29) is 5.75 Å². The Hall–Kier alpha value is -4.91. The lowest BCUT2D eigenvalue weighted by molar-refractivity contribution is -0.129. The molecule has 0 radical (unpaired) electrons. The van der Waals surface area contributed by atoms with E-state index >= 15 is 0 Å². The number of hydrogen-bond acceptors (Lipinski definition) is 6. The van der Waals surface area contributed by atoms with Crippen LogP contribution in [-0.4, -0.2) is 31.3 Å². The van der Waals surface area contributed by atoms with Gasteiger partial charge >= 0.3 is 5.97 Å². The molecule has 0 fully saturated rings. The number of carbonyl (C=O) groups is 2. The molecule has 0 aliphatic rings. The van der Waals surface area contributed by atoms with Gasteiger partial charge in [-0.3, -0.25) is 4.79 Å². The van der Waals surface area contributed by atoms with Crippen LogP contribution in [-0.2, 0) is 9.59 Å². The van der Waals surface area contributed by atoms with Gasteiger partial charge < -0.3 is 14.2 Å². The quantitative estimate of drug-likeness (QED) is 0.111. The van der Waals surface area contributed by atoms with Crippen LogP contribution in [0.25, 0.3) is 16.8 Å². The molecule has 4 rings (SSSR count). The number of benzene rings is 4. The number of carbonyl (C=O) groups excluding carboxylic acids is 2. The zero-order valence-electron chi connectivity index (χ0n) is 20.5. The molecule has 186 valence electrons. The second kappa shape index (κ2) is 12.2. The third-order valence-corrected chi connectivity index (χ3v) is 5.40. The zero-order valence-corrected chi connectivity index (χ0v) is 20.5. The second-order valence-electron chi connectivity index (χ2n) is 8.08. The molecule has 0 bridgehead atoms. The summed E-state index contributed by atoms with van der Waals surface area (Å²) in [6.07, 6.45) is 3.73. The minimum Gasteiger partial charge on any atom is -0.493 e. The summed E-state index contributed by atoms with van der Waals surface area (Å²) in [5, 5.41) is 6.13. The van der Waals surface area contributed by atoms with E-state index in [9.17, 15) is 9.59 Å². The average molecular weight is 495 g/mol. The molecule has 1 atom stereocenters. The molecule has 7 heteroatoms. The van der Waals surface area contributed by atoms with Crippen molar-refractivity contribution in [2.75, 3.05) is 7.11 Å². The summed E-state index contributed by atoms with van der Waals surface area (Å²) in [7, 11) is 1.47. The van der Waals surface area contributed by atoms with Gasteiger partial charge in [0, 0.05) is 6.08 Å². The molecule has 1 amide bonds. The fraction of sp³-hybridized carbons (Fsp3) is 0.100. The van der Waals surface area contributed by atoms with Crippen LogP contribution in [0.1, 0.15) is 18.1 Å². The fourth-order valence-corrected chi connectivity index (χ4v) is 3.48. The van der Waals surface area contributed by atoms with Gasteiger partial charge in [-0.15, -0.1) is 0 Å². The van der Waals surface area contributed by atoms with Crippen molar-refractivity contribution in [1.82, 2.24) is 5.43 Å². The zero-order chi connectivity index (χ0) is 26.0. The molecule has 0 unspecified atom stereocenters. The van der Waals surface area contributed by atoms with Crippen LogP contribution in [0.2, 0.25) is 0 Å². The Morgan fingerprint density at radius 3 is 2.38 bits per heavy atom. The Morgan fingerprint density at radius 1 is 0.838 bits per heavy atom. The molecular formula is C30H26N2O5. The Bertz CT molecular complexity index is 1450. The van der Waals surface area contributed by atoms with Crippen LogP contribution in [0.4, 0.5) is 0 Å². The average Bonchev–Trinajstić information content (AvgIpc) is 2.93. The molecule has 0 saturated heterocycles. The first kappa shape index (κ1) is 25.2. The van der Waals surface area contributed by atoms with Crippen LogP contribution in [0.15, 0.2) is 102 Å². The third-order valence-electron chi connectivity index (χ3n) is 5.40. The summed E-state index contributed by atoms with van der Waals surface area (Å²) < 4.78 is 16.5. The van der Waals surface area contributed by atoms with Gasteiger partial charge in [-0.1, -0.05) is 60.7 Å². The van der Waals surface area contributed by atoms with Crippen LogP contribution < -0.4 is 19.6 Å². The van der Waals surface area contributed by atoms with Gasteiger partial charge in [0.15, 0.2) is 17.6 Å². The summed E-state index contributed by atoms with van der Waals surface area (Å²) in [6, 6.07) is 27.9. The summed E-state index contributed by atoms with van der Waals surface area (Å²) in [5.74, 6) is 0.288. The lowest BCUT2D eigenvalue weighted by Crippen LogP contribution is -2.33. The SMILES string of the molecule is COc1cc(/C=N\NC(=O)[C@@H](C)Oc2ccc3ccccc3c2)ccc1OC(=O)/C=C/c1ccccc1. The van der Waals surface area contributed by atoms with E-state index in [2.05, 4.69) is 10.5 Å². The number of fused-ring (bicyclic) bond motifs is 1. The number of nitrogens with zero attached hydrogens (tertiary/aromatic N) is 1. The van der Waals surface area contributed by atoms with E-state index < -0.39 is 18.0 Å². The Kier molecular flexibility index (Phi) is 8.29. The highest BCUT2D eigenvalue weighted by Gasteiger charge is 2.14. The predicted octanol–water partition coefficient (Wildman–Crippen LogP) is 5.38. The summed E-state index contributed by atoms with van der Waals surface area (Å²) in [6.45, 7) is 1.65. The van der Waals surface area contributed by atoms with Gasteiger partial charge in [-0.25, -0.2) is 10.2 Å². The van der Waals surface area contributed by atoms with Crippen molar-refractivity contribution < 1.29 is 23.8 Å². The Balaban J connectivity index is 1.32. The van der Waals surface area contributed by atoms with Crippen molar-refractivity contribution in [1.29, 1.82) is 0 Å². The number of esters is 1. The molecule has 37 heavy (non-hydrogen) atoms. The topological polar surface area (TPSA) is 86.2 Å². The van der Waals surface area contributed by atoms with Gasteiger partial charge in [0.1, 0.15) is 5.75 Å². The molecule has 0 aliphatic heterocycles. The Labute approximate surface area is 215 Å². The molecule has 4 aromatic rings. The van der Waals surface area contributed by atoms with E-state index in [1.807, 2.05) is 72.8 Å². The number of amides is 1. The molecular weight excluding hydrogens is 468 g/mol. The van der Waals surface area contributed by atoms with Crippen LogP contribution in [0.5, 0.6) is 17.2 Å². The summed E-state index contributed by atoms with van der Waals surface area (Å²) in [5.41, 5.74) is 4.00. The smallest absolute Gasteiger partial charge is 0.336 e. The number of methoxy groups -OCH3 is 1. The van der Waals surface area contributed by atoms with Crippen molar-refractivity contribution in [2.24, 2.45) is 5.10 Å². The standard InChI is InChI=1S/C30H26N2O5/c1-21(36-26-15-14-24-10-6-7-11-25(24)19-26)30(34)32-31-20-23-12-16-27(28(18-23)35-2)37-29(33)17-13-22-8-4-3-5-9-22/h3-21H,1-2H3,(H,32,34)/b17-13+,31-20-/t21-/m1/s1. The number of nitrogens with one attached hydrogen (secondary N) is 1. The van der Waals surface area contributed by atoms with E-state index in [4.69, 9.17) is 14.2 Å². The molecule has 0 aliphatic carbocycles. The molecule has 7 nitrogen and oxygen atoms in total.